The molecule has 1 rings (SSSR count). The first-order valence-electron chi connectivity index (χ1n) is 3.41. The van der Waals surface area contributed by atoms with Gasteiger partial charge in [-0.05, 0) is 17.7 Å². The van der Waals surface area contributed by atoms with Gasteiger partial charge in [-0.1, -0.05) is 27.5 Å². The van der Waals surface area contributed by atoms with Gasteiger partial charge in [0.2, 0.25) is 0 Å². The summed E-state index contributed by atoms with van der Waals surface area (Å²) in [5, 5.41) is 0.584. The van der Waals surface area contributed by atoms with Crippen molar-refractivity contribution < 1.29 is 4.74 Å². The molecule has 66 valence electrons. The fourth-order valence-corrected chi connectivity index (χ4v) is 1.63. The van der Waals surface area contributed by atoms with Crippen molar-refractivity contribution in [2.24, 2.45) is 5.73 Å². The first kappa shape index (κ1) is 9.84. The monoisotopic (exact) mass is 249 g/mol. The Morgan fingerprint density at radius 1 is 1.58 bits per heavy atom. The van der Waals surface area contributed by atoms with E-state index in [-0.39, 0.29) is 0 Å². The maximum Gasteiger partial charge on any atom is 0.138 e. The lowest BCUT2D eigenvalue weighted by Crippen LogP contribution is -1.98. The second-order valence-corrected chi connectivity index (χ2v) is 3.54. The molecule has 0 aliphatic carbocycles. The molecule has 0 bridgehead atoms. The number of rotatable bonds is 2. The molecule has 0 saturated heterocycles. The molecule has 1 aromatic rings. The summed E-state index contributed by atoms with van der Waals surface area (Å²) in [4.78, 5) is 0. The maximum atomic E-state index is 5.88. The van der Waals surface area contributed by atoms with Gasteiger partial charge in [-0.3, -0.25) is 0 Å². The minimum atomic E-state index is 0.463. The third-order valence-corrected chi connectivity index (χ3v) is 2.57. The molecule has 2 nitrogen and oxygen atoms in total. The van der Waals surface area contributed by atoms with Gasteiger partial charge >= 0.3 is 0 Å². The minimum absolute atomic E-state index is 0.463. The van der Waals surface area contributed by atoms with Gasteiger partial charge in [0.1, 0.15) is 5.75 Å². The zero-order valence-electron chi connectivity index (χ0n) is 6.60. The molecule has 0 spiro atoms. The Morgan fingerprint density at radius 2 is 2.25 bits per heavy atom. The van der Waals surface area contributed by atoms with E-state index in [1.807, 2.05) is 6.07 Å². The Labute approximate surface area is 84.8 Å². The topological polar surface area (TPSA) is 35.2 Å². The molecule has 0 aliphatic rings. The Kier molecular flexibility index (Phi) is 3.38. The largest absolute Gasteiger partial charge is 0.495 e. The quantitative estimate of drug-likeness (QED) is 0.875. The molecule has 2 N–H and O–H groups in total. The molecule has 0 heterocycles. The highest BCUT2D eigenvalue weighted by molar-refractivity contribution is 9.10. The van der Waals surface area contributed by atoms with Gasteiger partial charge in [0.05, 0.1) is 12.1 Å². The fraction of sp³-hybridized carbons (Fsp3) is 0.250. The van der Waals surface area contributed by atoms with E-state index in [2.05, 4.69) is 15.9 Å². The first-order valence-corrected chi connectivity index (χ1v) is 4.58. The highest BCUT2D eigenvalue weighted by Gasteiger charge is 2.05. The molecule has 0 aromatic heterocycles. The number of hydrogen-bond acceptors (Lipinski definition) is 2. The van der Waals surface area contributed by atoms with Crippen LogP contribution in [0.1, 0.15) is 5.56 Å². The first-order chi connectivity index (χ1) is 5.69. The second kappa shape index (κ2) is 4.12. The molecule has 1 aromatic carbocycles. The fourth-order valence-electron chi connectivity index (χ4n) is 0.883. The molecule has 0 saturated carbocycles. The van der Waals surface area contributed by atoms with Gasteiger partial charge in [0.25, 0.3) is 0 Å². The summed E-state index contributed by atoms with van der Waals surface area (Å²) in [5.74, 6) is 0.653. The average Bonchev–Trinajstić information content (AvgIpc) is 2.08. The van der Waals surface area contributed by atoms with E-state index in [0.717, 1.165) is 10.0 Å². The van der Waals surface area contributed by atoms with Crippen LogP contribution in [-0.2, 0) is 6.54 Å². The zero-order valence-corrected chi connectivity index (χ0v) is 8.95. The summed E-state index contributed by atoms with van der Waals surface area (Å²) in [6.45, 7) is 0.463. The summed E-state index contributed by atoms with van der Waals surface area (Å²) in [6.07, 6.45) is 0. The van der Waals surface area contributed by atoms with Crippen LogP contribution in [0.15, 0.2) is 16.6 Å². The van der Waals surface area contributed by atoms with Crippen molar-refractivity contribution in [3.8, 4) is 5.75 Å². The summed E-state index contributed by atoms with van der Waals surface area (Å²) in [5.41, 5.74) is 6.45. The summed E-state index contributed by atoms with van der Waals surface area (Å²) >= 11 is 9.24. The predicted octanol–water partition coefficient (Wildman–Crippen LogP) is 2.57. The van der Waals surface area contributed by atoms with Gasteiger partial charge in [-0.2, -0.15) is 0 Å². The van der Waals surface area contributed by atoms with Crippen LogP contribution >= 0.6 is 27.5 Å². The van der Waals surface area contributed by atoms with Crippen LogP contribution in [0.25, 0.3) is 0 Å². The summed E-state index contributed by atoms with van der Waals surface area (Å²) < 4.78 is 5.94. The third kappa shape index (κ3) is 1.91. The van der Waals surface area contributed by atoms with Crippen molar-refractivity contribution in [2.75, 3.05) is 7.11 Å². The molecule has 0 unspecified atom stereocenters. The van der Waals surface area contributed by atoms with Gasteiger partial charge < -0.3 is 10.5 Å². The average molecular weight is 251 g/mol. The van der Waals surface area contributed by atoms with Crippen LogP contribution in [0.4, 0.5) is 0 Å². The van der Waals surface area contributed by atoms with E-state index in [0.29, 0.717) is 17.3 Å². The number of benzene rings is 1. The van der Waals surface area contributed by atoms with E-state index in [4.69, 9.17) is 22.1 Å². The predicted molar refractivity (Wildman–Crippen MR) is 53.6 cm³/mol. The molecule has 0 fully saturated rings. The Hall–Kier alpha value is -0.250. The Bertz CT molecular complexity index is 261. The molecule has 0 atom stereocenters. The van der Waals surface area contributed by atoms with E-state index in [1.54, 1.807) is 13.2 Å². The van der Waals surface area contributed by atoms with Crippen molar-refractivity contribution in [3.05, 3.63) is 27.2 Å². The smallest absolute Gasteiger partial charge is 0.138 e. The highest BCUT2D eigenvalue weighted by Crippen LogP contribution is 2.30. The van der Waals surface area contributed by atoms with Gasteiger partial charge in [0, 0.05) is 11.0 Å². The van der Waals surface area contributed by atoms with Crippen LogP contribution in [0, 0.1) is 0 Å². The van der Waals surface area contributed by atoms with Gasteiger partial charge in [0.15, 0.2) is 0 Å². The second-order valence-electron chi connectivity index (χ2n) is 2.28. The standard InChI is InChI=1S/C8H9BrClNO/c1-12-8-3-6(9)5(4-11)2-7(8)10/h2-3H,4,11H2,1H3. The summed E-state index contributed by atoms with van der Waals surface area (Å²) in [7, 11) is 1.58. The van der Waals surface area contributed by atoms with Crippen molar-refractivity contribution >= 4 is 27.5 Å². The third-order valence-electron chi connectivity index (χ3n) is 1.54. The van der Waals surface area contributed by atoms with Crippen molar-refractivity contribution in [3.63, 3.8) is 0 Å². The molecular formula is C8H9BrClNO. The SMILES string of the molecule is COc1cc(Br)c(CN)cc1Cl. The number of methoxy groups -OCH3 is 1. The lowest BCUT2D eigenvalue weighted by atomic mass is 10.2. The van der Waals surface area contributed by atoms with Gasteiger partial charge in [-0.15, -0.1) is 0 Å². The molecular weight excluding hydrogens is 241 g/mol. The lowest BCUT2D eigenvalue weighted by molar-refractivity contribution is 0.414. The highest BCUT2D eigenvalue weighted by atomic mass is 79.9. The maximum absolute atomic E-state index is 5.88. The molecule has 0 amide bonds. The number of nitrogens with two attached hydrogens (primary N) is 1. The Balaban J connectivity index is 3.16. The zero-order chi connectivity index (χ0) is 9.14. The number of halogens is 2. The van der Waals surface area contributed by atoms with Crippen LogP contribution in [0.3, 0.4) is 0 Å². The van der Waals surface area contributed by atoms with E-state index in [9.17, 15) is 0 Å². The normalized spacial score (nSPS) is 10.0. The van der Waals surface area contributed by atoms with E-state index >= 15 is 0 Å². The van der Waals surface area contributed by atoms with E-state index < -0.39 is 0 Å². The van der Waals surface area contributed by atoms with Gasteiger partial charge in [-0.25, -0.2) is 0 Å². The van der Waals surface area contributed by atoms with Crippen LogP contribution < -0.4 is 10.5 Å². The lowest BCUT2D eigenvalue weighted by Gasteiger charge is -2.06. The summed E-state index contributed by atoms with van der Waals surface area (Å²) in [6, 6.07) is 3.61. The molecule has 0 aliphatic heterocycles. The van der Waals surface area contributed by atoms with E-state index in [1.165, 1.54) is 0 Å². The van der Waals surface area contributed by atoms with Crippen molar-refractivity contribution in [2.45, 2.75) is 6.54 Å². The van der Waals surface area contributed by atoms with Crippen LogP contribution in [0.5, 0.6) is 5.75 Å². The van der Waals surface area contributed by atoms with Crippen molar-refractivity contribution in [1.82, 2.24) is 0 Å². The van der Waals surface area contributed by atoms with Crippen LogP contribution in [-0.4, -0.2) is 7.11 Å². The van der Waals surface area contributed by atoms with Crippen molar-refractivity contribution in [1.29, 1.82) is 0 Å². The minimum Gasteiger partial charge on any atom is -0.495 e. The molecule has 0 radical (unpaired) electrons. The van der Waals surface area contributed by atoms with Crippen LogP contribution in [0.2, 0.25) is 5.02 Å². The Morgan fingerprint density at radius 3 is 2.75 bits per heavy atom. The number of ether oxygens (including phenoxy) is 1. The number of hydrogen-bond donors (Lipinski definition) is 1. The molecule has 12 heavy (non-hydrogen) atoms. The molecule has 4 heteroatoms.